The molecule has 0 unspecified atom stereocenters. The van der Waals surface area contributed by atoms with Crippen molar-refractivity contribution in [2.24, 2.45) is 0 Å². The third-order valence-corrected chi connectivity index (χ3v) is 4.04. The first kappa shape index (κ1) is 17.6. The summed E-state index contributed by atoms with van der Waals surface area (Å²) < 4.78 is 11.9. The van der Waals surface area contributed by atoms with Gasteiger partial charge in [0.2, 0.25) is 0 Å². The highest BCUT2D eigenvalue weighted by molar-refractivity contribution is 14.1. The van der Waals surface area contributed by atoms with Gasteiger partial charge in [0, 0.05) is 12.1 Å². The van der Waals surface area contributed by atoms with E-state index < -0.39 is 0 Å². The summed E-state index contributed by atoms with van der Waals surface area (Å²) in [6, 6.07) is 13.3. The van der Waals surface area contributed by atoms with Crippen molar-refractivity contribution < 1.29 is 14.3 Å². The van der Waals surface area contributed by atoms with Gasteiger partial charge in [0.05, 0.1) is 17.3 Å². The highest BCUT2D eigenvalue weighted by atomic mass is 127. The molecule has 0 atom stereocenters. The summed E-state index contributed by atoms with van der Waals surface area (Å²) >= 11 is 2.16. The Bertz CT molecular complexity index is 659. The molecule has 5 heteroatoms. The highest BCUT2D eigenvalue weighted by Crippen LogP contribution is 2.34. The largest absolute Gasteiger partial charge is 0.493 e. The van der Waals surface area contributed by atoms with Crippen molar-refractivity contribution in [1.29, 1.82) is 0 Å². The van der Waals surface area contributed by atoms with Gasteiger partial charge in [-0.3, -0.25) is 4.79 Å². The van der Waals surface area contributed by atoms with Crippen LogP contribution in [0.25, 0.3) is 0 Å². The van der Waals surface area contributed by atoms with E-state index in [0.717, 1.165) is 15.6 Å². The van der Waals surface area contributed by atoms with Crippen LogP contribution in [0.2, 0.25) is 0 Å². The first-order valence-corrected chi connectivity index (χ1v) is 8.56. The molecule has 2 aromatic rings. The van der Waals surface area contributed by atoms with E-state index in [0.29, 0.717) is 30.2 Å². The summed E-state index contributed by atoms with van der Waals surface area (Å²) in [6.07, 6.45) is 0.915. The molecule has 0 aromatic heterocycles. The predicted octanol–water partition coefficient (Wildman–Crippen LogP) is 4.02. The molecule has 0 aliphatic carbocycles. The number of methoxy groups -OCH3 is 1. The van der Waals surface area contributed by atoms with E-state index in [1.165, 1.54) is 0 Å². The van der Waals surface area contributed by atoms with Crippen LogP contribution < -0.4 is 14.8 Å². The Morgan fingerprint density at radius 2 is 1.96 bits per heavy atom. The molecule has 0 bridgehead atoms. The number of carbonyl (C=O) groups excluding carboxylic acids is 1. The number of carbonyl (C=O) groups is 1. The maximum absolute atomic E-state index is 12.4. The van der Waals surface area contributed by atoms with Crippen molar-refractivity contribution in [2.45, 2.75) is 19.9 Å². The molecule has 0 aliphatic heterocycles. The molecule has 1 amide bonds. The minimum Gasteiger partial charge on any atom is -0.493 e. The predicted molar refractivity (Wildman–Crippen MR) is 99.1 cm³/mol. The molecule has 2 aromatic carbocycles. The van der Waals surface area contributed by atoms with Gasteiger partial charge in [-0.05, 0) is 46.7 Å². The number of benzene rings is 2. The van der Waals surface area contributed by atoms with Crippen molar-refractivity contribution in [3.05, 3.63) is 57.2 Å². The first-order chi connectivity index (χ1) is 11.2. The van der Waals surface area contributed by atoms with Crippen LogP contribution in [0, 0.1) is 3.57 Å². The van der Waals surface area contributed by atoms with E-state index in [-0.39, 0.29) is 5.91 Å². The van der Waals surface area contributed by atoms with Crippen LogP contribution in [0.1, 0.15) is 29.3 Å². The Morgan fingerprint density at radius 1 is 1.22 bits per heavy atom. The summed E-state index contributed by atoms with van der Waals surface area (Å²) in [5, 5.41) is 2.92. The van der Waals surface area contributed by atoms with Gasteiger partial charge < -0.3 is 14.8 Å². The van der Waals surface area contributed by atoms with E-state index in [1.807, 2.05) is 43.3 Å². The molecule has 0 fully saturated rings. The van der Waals surface area contributed by atoms with Crippen molar-refractivity contribution in [1.82, 2.24) is 5.32 Å². The van der Waals surface area contributed by atoms with E-state index in [9.17, 15) is 4.79 Å². The zero-order valence-electron chi connectivity index (χ0n) is 13.3. The van der Waals surface area contributed by atoms with Crippen LogP contribution in [0.15, 0.2) is 42.5 Å². The number of ether oxygens (including phenoxy) is 2. The molecular formula is C18H20INO3. The van der Waals surface area contributed by atoms with Gasteiger partial charge in [-0.25, -0.2) is 0 Å². The van der Waals surface area contributed by atoms with Gasteiger partial charge in [0.15, 0.2) is 11.5 Å². The second-order valence-electron chi connectivity index (χ2n) is 5.01. The van der Waals surface area contributed by atoms with Gasteiger partial charge >= 0.3 is 0 Å². The van der Waals surface area contributed by atoms with Crippen LogP contribution in [-0.4, -0.2) is 19.6 Å². The Kier molecular flexibility index (Phi) is 6.70. The zero-order chi connectivity index (χ0) is 16.7. The molecule has 23 heavy (non-hydrogen) atoms. The van der Waals surface area contributed by atoms with Crippen LogP contribution in [0.3, 0.4) is 0 Å². The molecule has 0 spiro atoms. The van der Waals surface area contributed by atoms with Gasteiger partial charge in [-0.1, -0.05) is 37.3 Å². The molecule has 0 saturated heterocycles. The Hall–Kier alpha value is -1.76. The molecule has 0 radical (unpaired) electrons. The van der Waals surface area contributed by atoms with Gasteiger partial charge in [0.25, 0.3) is 5.91 Å². The zero-order valence-corrected chi connectivity index (χ0v) is 15.4. The van der Waals surface area contributed by atoms with E-state index in [1.54, 1.807) is 13.2 Å². The average molecular weight is 425 g/mol. The van der Waals surface area contributed by atoms with Crippen LogP contribution >= 0.6 is 22.6 Å². The fraction of sp³-hybridized carbons (Fsp3) is 0.278. The van der Waals surface area contributed by atoms with Crippen LogP contribution in [0.5, 0.6) is 11.5 Å². The van der Waals surface area contributed by atoms with Gasteiger partial charge in [0.1, 0.15) is 0 Å². The quantitative estimate of drug-likeness (QED) is 0.682. The maximum Gasteiger partial charge on any atom is 0.251 e. The van der Waals surface area contributed by atoms with E-state index in [2.05, 4.69) is 27.9 Å². The van der Waals surface area contributed by atoms with Gasteiger partial charge in [-0.2, -0.15) is 0 Å². The van der Waals surface area contributed by atoms with Crippen molar-refractivity contribution in [2.75, 3.05) is 13.7 Å². The number of rotatable bonds is 7. The molecule has 4 nitrogen and oxygen atoms in total. The minimum absolute atomic E-state index is 0.132. The summed E-state index contributed by atoms with van der Waals surface area (Å²) in [6.45, 7) is 3.16. The third kappa shape index (κ3) is 4.86. The molecule has 0 heterocycles. The van der Waals surface area contributed by atoms with E-state index >= 15 is 0 Å². The van der Waals surface area contributed by atoms with Crippen LogP contribution in [-0.2, 0) is 6.54 Å². The topological polar surface area (TPSA) is 47.6 Å². The fourth-order valence-corrected chi connectivity index (χ4v) is 2.83. The number of halogens is 1. The molecular weight excluding hydrogens is 405 g/mol. The molecule has 122 valence electrons. The molecule has 1 N–H and O–H groups in total. The smallest absolute Gasteiger partial charge is 0.251 e. The monoisotopic (exact) mass is 425 g/mol. The lowest BCUT2D eigenvalue weighted by Crippen LogP contribution is -2.23. The number of hydrogen-bond donors (Lipinski definition) is 1. The lowest BCUT2D eigenvalue weighted by atomic mass is 10.1. The Morgan fingerprint density at radius 3 is 2.61 bits per heavy atom. The average Bonchev–Trinajstić information content (AvgIpc) is 2.58. The maximum atomic E-state index is 12.4. The lowest BCUT2D eigenvalue weighted by Gasteiger charge is -2.14. The standard InChI is InChI=1S/C18H20INO3/c1-3-9-23-17-15(19)10-14(11-16(17)22-2)18(21)20-12-13-7-5-4-6-8-13/h4-8,10-11H,3,9,12H2,1-2H3,(H,20,21). The fourth-order valence-electron chi connectivity index (χ4n) is 2.08. The van der Waals surface area contributed by atoms with Crippen molar-refractivity contribution in [3.63, 3.8) is 0 Å². The number of nitrogens with one attached hydrogen (secondary N) is 1. The normalized spacial score (nSPS) is 10.2. The second kappa shape index (κ2) is 8.76. The molecule has 2 rings (SSSR count). The SMILES string of the molecule is CCCOc1c(I)cc(C(=O)NCc2ccccc2)cc1OC. The van der Waals surface area contributed by atoms with Crippen molar-refractivity contribution in [3.8, 4) is 11.5 Å². The summed E-state index contributed by atoms with van der Waals surface area (Å²) in [5.41, 5.74) is 1.62. The molecule has 0 saturated carbocycles. The van der Waals surface area contributed by atoms with Gasteiger partial charge in [-0.15, -0.1) is 0 Å². The van der Waals surface area contributed by atoms with E-state index in [4.69, 9.17) is 9.47 Å². The Labute approximate surface area is 150 Å². The summed E-state index contributed by atoms with van der Waals surface area (Å²) in [4.78, 5) is 12.4. The highest BCUT2D eigenvalue weighted by Gasteiger charge is 2.15. The summed E-state index contributed by atoms with van der Waals surface area (Å²) in [5.74, 6) is 1.14. The van der Waals surface area contributed by atoms with Crippen molar-refractivity contribution >= 4 is 28.5 Å². The molecule has 0 aliphatic rings. The second-order valence-corrected chi connectivity index (χ2v) is 6.17. The minimum atomic E-state index is -0.132. The lowest BCUT2D eigenvalue weighted by molar-refractivity contribution is 0.0950. The Balaban J connectivity index is 2.12. The number of hydrogen-bond acceptors (Lipinski definition) is 3. The number of amides is 1. The first-order valence-electron chi connectivity index (χ1n) is 7.48. The van der Waals surface area contributed by atoms with Crippen LogP contribution in [0.4, 0.5) is 0 Å². The third-order valence-electron chi connectivity index (χ3n) is 3.24. The summed E-state index contributed by atoms with van der Waals surface area (Å²) in [7, 11) is 1.58.